The summed E-state index contributed by atoms with van der Waals surface area (Å²) in [5, 5.41) is 33.8. The number of benzene rings is 1. The number of aliphatic hydroxyl groups excluding tert-OH is 3. The van der Waals surface area contributed by atoms with Crippen LogP contribution in [0.1, 0.15) is 80.5 Å². The number of rotatable bonds is 14. The molecular formula is C32H41NO7S. The third-order valence-corrected chi connectivity index (χ3v) is 8.25. The van der Waals surface area contributed by atoms with Gasteiger partial charge in [-0.2, -0.15) is 0 Å². The molecule has 0 radical (unpaired) electrons. The average Bonchev–Trinajstić information content (AvgIpc) is 3.44. The fourth-order valence-corrected chi connectivity index (χ4v) is 5.42. The number of hydrogen-bond acceptors (Lipinski definition) is 9. The lowest BCUT2D eigenvalue weighted by atomic mass is 9.90. The molecule has 3 N–H and O–H groups in total. The van der Waals surface area contributed by atoms with Crippen LogP contribution in [-0.2, 0) is 14.3 Å². The van der Waals surface area contributed by atoms with E-state index in [0.717, 1.165) is 36.7 Å². The number of aliphatic hydroxyl groups is 3. The summed E-state index contributed by atoms with van der Waals surface area (Å²) in [6.07, 6.45) is 6.41. The van der Waals surface area contributed by atoms with E-state index in [2.05, 4.69) is 4.98 Å². The second-order valence-corrected chi connectivity index (χ2v) is 11.7. The Bertz CT molecular complexity index is 1220. The highest BCUT2D eigenvalue weighted by Crippen LogP contribution is 2.33. The minimum absolute atomic E-state index is 0.0475. The SMILES string of the molecule is C/C(=C/C[C@H](O)/C(C)=C/c1csc(C2OC=C[C@@H](O)[C@H]2OC(=O)c2ccccc2)n1)CCC[C@H](C)[C@H](O)[C@@H](C)C=O. The molecule has 2 heterocycles. The minimum atomic E-state index is -1.05. The number of aromatic nitrogens is 1. The maximum absolute atomic E-state index is 12.6. The van der Waals surface area contributed by atoms with Gasteiger partial charge in [0.2, 0.25) is 0 Å². The van der Waals surface area contributed by atoms with Gasteiger partial charge in [0.05, 0.1) is 29.7 Å². The highest BCUT2D eigenvalue weighted by molar-refractivity contribution is 7.09. The smallest absolute Gasteiger partial charge is 0.338 e. The lowest BCUT2D eigenvalue weighted by Crippen LogP contribution is -2.38. The van der Waals surface area contributed by atoms with Crippen molar-refractivity contribution in [3.8, 4) is 0 Å². The number of hydrogen-bond donors (Lipinski definition) is 3. The molecule has 0 aliphatic carbocycles. The first kappa shape index (κ1) is 32.4. The summed E-state index contributed by atoms with van der Waals surface area (Å²) in [4.78, 5) is 28.1. The number of thiazole rings is 1. The van der Waals surface area contributed by atoms with Crippen molar-refractivity contribution in [3.63, 3.8) is 0 Å². The van der Waals surface area contributed by atoms with Crippen molar-refractivity contribution in [3.05, 3.63) is 81.5 Å². The van der Waals surface area contributed by atoms with Crippen LogP contribution in [0.15, 0.2) is 65.3 Å². The Hall–Kier alpha value is -3.11. The van der Waals surface area contributed by atoms with Crippen molar-refractivity contribution in [1.29, 1.82) is 0 Å². The van der Waals surface area contributed by atoms with Gasteiger partial charge in [0.1, 0.15) is 17.4 Å². The number of allylic oxidation sites excluding steroid dienone is 1. The van der Waals surface area contributed by atoms with Crippen LogP contribution in [0.4, 0.5) is 0 Å². The second kappa shape index (κ2) is 15.8. The van der Waals surface area contributed by atoms with E-state index in [1.165, 1.54) is 23.7 Å². The Morgan fingerprint density at radius 1 is 1.20 bits per heavy atom. The highest BCUT2D eigenvalue weighted by Gasteiger charge is 2.37. The van der Waals surface area contributed by atoms with Gasteiger partial charge >= 0.3 is 5.97 Å². The molecule has 41 heavy (non-hydrogen) atoms. The van der Waals surface area contributed by atoms with Gasteiger partial charge in [0.25, 0.3) is 0 Å². The first-order valence-electron chi connectivity index (χ1n) is 14.0. The van der Waals surface area contributed by atoms with Crippen molar-refractivity contribution < 1.29 is 34.4 Å². The predicted octanol–water partition coefficient (Wildman–Crippen LogP) is 5.42. The highest BCUT2D eigenvalue weighted by atomic mass is 32.1. The largest absolute Gasteiger partial charge is 0.487 e. The van der Waals surface area contributed by atoms with E-state index in [1.807, 2.05) is 38.3 Å². The van der Waals surface area contributed by atoms with Crippen molar-refractivity contribution in [2.24, 2.45) is 11.8 Å². The van der Waals surface area contributed by atoms with Crippen LogP contribution in [0.25, 0.3) is 6.08 Å². The Kier molecular flexibility index (Phi) is 12.5. The number of carbonyl (C=O) groups excluding carboxylic acids is 2. The van der Waals surface area contributed by atoms with Gasteiger partial charge in [-0.25, -0.2) is 9.78 Å². The normalized spacial score (nSPS) is 22.4. The van der Waals surface area contributed by atoms with E-state index < -0.39 is 36.5 Å². The van der Waals surface area contributed by atoms with E-state index in [4.69, 9.17) is 9.47 Å². The molecule has 222 valence electrons. The minimum Gasteiger partial charge on any atom is -0.487 e. The summed E-state index contributed by atoms with van der Waals surface area (Å²) in [6, 6.07) is 8.56. The van der Waals surface area contributed by atoms with E-state index >= 15 is 0 Å². The summed E-state index contributed by atoms with van der Waals surface area (Å²) in [7, 11) is 0. The maximum atomic E-state index is 12.6. The molecular weight excluding hydrogens is 542 g/mol. The van der Waals surface area contributed by atoms with Crippen molar-refractivity contribution in [2.75, 3.05) is 0 Å². The fourth-order valence-electron chi connectivity index (χ4n) is 4.57. The maximum Gasteiger partial charge on any atom is 0.338 e. The van der Waals surface area contributed by atoms with Gasteiger partial charge in [-0.15, -0.1) is 11.3 Å². The topological polar surface area (TPSA) is 126 Å². The quantitative estimate of drug-likeness (QED) is 0.153. The van der Waals surface area contributed by atoms with Crippen LogP contribution in [0.5, 0.6) is 0 Å². The van der Waals surface area contributed by atoms with Crippen LogP contribution in [-0.4, -0.2) is 57.0 Å². The van der Waals surface area contributed by atoms with Crippen molar-refractivity contribution in [1.82, 2.24) is 4.98 Å². The van der Waals surface area contributed by atoms with E-state index in [1.54, 1.807) is 37.3 Å². The molecule has 0 saturated heterocycles. The summed E-state index contributed by atoms with van der Waals surface area (Å²) in [5.74, 6) is -0.874. The molecule has 0 spiro atoms. The Labute approximate surface area is 246 Å². The molecule has 1 aliphatic rings. The van der Waals surface area contributed by atoms with Crippen LogP contribution in [0.3, 0.4) is 0 Å². The molecule has 1 unspecified atom stereocenters. The molecule has 7 atom stereocenters. The molecule has 9 heteroatoms. The lowest BCUT2D eigenvalue weighted by molar-refractivity contribution is -0.114. The molecule has 2 aromatic rings. The number of aldehydes is 1. The molecule has 0 bridgehead atoms. The third kappa shape index (κ3) is 9.46. The lowest BCUT2D eigenvalue weighted by Gasteiger charge is -2.30. The van der Waals surface area contributed by atoms with Crippen molar-refractivity contribution in [2.45, 2.75) is 83.9 Å². The zero-order valence-corrected chi connectivity index (χ0v) is 24.9. The Balaban J connectivity index is 1.56. The number of esters is 1. The standard InChI is InChI=1S/C32H41NO7S/c1-20(9-8-10-21(2)28(37)23(4)18-34)13-14-26(35)22(3)17-25-19-41-31(33-25)30-29(27(36)15-16-39-30)40-32(38)24-11-6-5-7-12-24/h5-7,11-13,15-19,21,23,26-30,35-37H,8-10,14H2,1-4H3/b20-13-,22-17+/t21-,23-,26-,27+,28-,29+,30?/m0/s1. The van der Waals surface area contributed by atoms with Gasteiger partial charge in [-0.3, -0.25) is 0 Å². The third-order valence-electron chi connectivity index (χ3n) is 7.33. The van der Waals surface area contributed by atoms with Crippen LogP contribution >= 0.6 is 11.3 Å². The average molecular weight is 584 g/mol. The summed E-state index contributed by atoms with van der Waals surface area (Å²) in [6.45, 7) is 7.57. The van der Waals surface area contributed by atoms with Crippen molar-refractivity contribution >= 4 is 29.7 Å². The van der Waals surface area contributed by atoms with Crippen LogP contribution < -0.4 is 0 Å². The second-order valence-electron chi connectivity index (χ2n) is 10.8. The molecule has 1 aromatic carbocycles. The fraction of sp³-hybridized carbons (Fsp3) is 0.469. The van der Waals surface area contributed by atoms with Gasteiger partial charge in [-0.05, 0) is 75.3 Å². The summed E-state index contributed by atoms with van der Waals surface area (Å²) < 4.78 is 11.3. The molecule has 3 rings (SSSR count). The van der Waals surface area contributed by atoms with Gasteiger partial charge in [0, 0.05) is 11.3 Å². The van der Waals surface area contributed by atoms with E-state index in [-0.39, 0.29) is 11.8 Å². The van der Waals surface area contributed by atoms with Crippen LogP contribution in [0, 0.1) is 11.8 Å². The molecule has 1 aliphatic heterocycles. The summed E-state index contributed by atoms with van der Waals surface area (Å²) in [5.41, 5.74) is 2.93. The molecule has 8 nitrogen and oxygen atoms in total. The van der Waals surface area contributed by atoms with Gasteiger partial charge in [0.15, 0.2) is 12.2 Å². The number of carbonyl (C=O) groups is 2. The van der Waals surface area contributed by atoms with E-state index in [0.29, 0.717) is 22.7 Å². The first-order chi connectivity index (χ1) is 19.6. The molecule has 0 saturated carbocycles. The predicted molar refractivity (Wildman–Crippen MR) is 159 cm³/mol. The zero-order chi connectivity index (χ0) is 29.9. The van der Waals surface area contributed by atoms with Gasteiger partial charge < -0.3 is 29.6 Å². The Morgan fingerprint density at radius 2 is 1.93 bits per heavy atom. The molecule has 0 amide bonds. The van der Waals surface area contributed by atoms with E-state index in [9.17, 15) is 24.9 Å². The summed E-state index contributed by atoms with van der Waals surface area (Å²) >= 11 is 1.33. The zero-order valence-electron chi connectivity index (χ0n) is 24.1. The first-order valence-corrected chi connectivity index (χ1v) is 14.9. The number of nitrogens with zero attached hydrogens (tertiary/aromatic N) is 1. The molecule has 0 fully saturated rings. The Morgan fingerprint density at radius 3 is 2.63 bits per heavy atom. The number of ether oxygens (including phenoxy) is 2. The monoisotopic (exact) mass is 583 g/mol. The van der Waals surface area contributed by atoms with Crippen LogP contribution in [0.2, 0.25) is 0 Å². The molecule has 1 aromatic heterocycles. The van der Waals surface area contributed by atoms with Gasteiger partial charge in [-0.1, -0.05) is 43.7 Å².